The van der Waals surface area contributed by atoms with Crippen LogP contribution in [-0.2, 0) is 22.6 Å². The molecular formula is C23H37NO6Si3. The molecule has 10 heteroatoms. The van der Waals surface area contributed by atoms with Gasteiger partial charge in [0.2, 0.25) is 0 Å². The number of rotatable bonds is 12. The minimum Gasteiger partial charge on any atom is -0.462 e. The van der Waals surface area contributed by atoms with Crippen LogP contribution >= 0.6 is 0 Å². The number of hydrogen-bond donors (Lipinski definition) is 0. The van der Waals surface area contributed by atoms with E-state index in [1.54, 1.807) is 24.3 Å². The molecule has 2 amide bonds. The van der Waals surface area contributed by atoms with E-state index in [1.165, 1.54) is 12.2 Å². The van der Waals surface area contributed by atoms with E-state index in [9.17, 15) is 14.4 Å². The molecule has 0 bridgehead atoms. The molecule has 0 aliphatic carbocycles. The summed E-state index contributed by atoms with van der Waals surface area (Å²) < 4.78 is 18.4. The number of amides is 2. The summed E-state index contributed by atoms with van der Waals surface area (Å²) in [6.07, 6.45) is 5.14. The zero-order valence-corrected chi connectivity index (χ0v) is 23.9. The van der Waals surface area contributed by atoms with Gasteiger partial charge >= 0.3 is 14.5 Å². The van der Waals surface area contributed by atoms with Crippen LogP contribution in [0.5, 0.6) is 0 Å². The first-order valence-corrected chi connectivity index (χ1v) is 20.8. The number of hydrogen-bond acceptors (Lipinski definition) is 6. The molecule has 0 aromatic heterocycles. The van der Waals surface area contributed by atoms with E-state index < -0.39 is 31.2 Å². The molecule has 1 aromatic carbocycles. The molecule has 0 fully saturated rings. The van der Waals surface area contributed by atoms with Crippen molar-refractivity contribution >= 4 is 48.7 Å². The summed E-state index contributed by atoms with van der Waals surface area (Å²) in [7, 11) is -5.61. The maximum absolute atomic E-state index is 12.3. The minimum atomic E-state index is -2.22. The fraction of sp³-hybridized carbons (Fsp3) is 0.522. The van der Waals surface area contributed by atoms with Crippen LogP contribution < -0.4 is 4.90 Å². The van der Waals surface area contributed by atoms with E-state index in [4.69, 9.17) is 13.0 Å². The van der Waals surface area contributed by atoms with Gasteiger partial charge in [-0.15, -0.1) is 0 Å². The minimum absolute atomic E-state index is 0.343. The van der Waals surface area contributed by atoms with Crippen molar-refractivity contribution in [3.8, 4) is 0 Å². The molecule has 1 heterocycles. The fourth-order valence-electron chi connectivity index (χ4n) is 3.79. The number of ether oxygens (including phenoxy) is 1. The zero-order chi connectivity index (χ0) is 24.9. The SMILES string of the molecule is C[Si](C)(C)O[Si](C)(CCCCCOC(=O)c1ccc(N2C(=O)C=CC2=O)cc1)O[Si](C)(C)C. The lowest BCUT2D eigenvalue weighted by molar-refractivity contribution is -0.119. The molecule has 0 N–H and O–H groups in total. The molecule has 0 spiro atoms. The van der Waals surface area contributed by atoms with Gasteiger partial charge in [-0.1, -0.05) is 12.8 Å². The van der Waals surface area contributed by atoms with E-state index in [0.717, 1.165) is 30.2 Å². The third-order valence-electron chi connectivity index (χ3n) is 4.72. The Bertz CT molecular complexity index is 853. The van der Waals surface area contributed by atoms with E-state index in [0.29, 0.717) is 17.9 Å². The van der Waals surface area contributed by atoms with Crippen LogP contribution in [0.25, 0.3) is 0 Å². The van der Waals surface area contributed by atoms with Gasteiger partial charge in [0.1, 0.15) is 0 Å². The first-order valence-electron chi connectivity index (χ1n) is 11.4. The molecule has 2 rings (SSSR count). The Morgan fingerprint density at radius 3 is 1.79 bits per heavy atom. The van der Waals surface area contributed by atoms with Crippen molar-refractivity contribution in [2.45, 2.75) is 71.1 Å². The highest BCUT2D eigenvalue weighted by Crippen LogP contribution is 2.26. The van der Waals surface area contributed by atoms with Crippen molar-refractivity contribution in [1.82, 2.24) is 0 Å². The highest BCUT2D eigenvalue weighted by Gasteiger charge is 2.39. The van der Waals surface area contributed by atoms with E-state index in [1.807, 2.05) is 0 Å². The lowest BCUT2D eigenvalue weighted by Crippen LogP contribution is -2.52. The first kappa shape index (κ1) is 27.4. The summed E-state index contributed by atoms with van der Waals surface area (Å²) in [5, 5.41) is 0. The molecule has 1 aliphatic heterocycles. The van der Waals surface area contributed by atoms with Crippen molar-refractivity contribution in [1.29, 1.82) is 0 Å². The molecule has 0 saturated carbocycles. The average Bonchev–Trinajstić information content (AvgIpc) is 2.99. The Morgan fingerprint density at radius 2 is 1.30 bits per heavy atom. The maximum Gasteiger partial charge on any atom is 0.338 e. The van der Waals surface area contributed by atoms with Crippen LogP contribution in [0, 0.1) is 0 Å². The number of nitrogens with zero attached hydrogens (tertiary/aromatic N) is 1. The fourth-order valence-corrected chi connectivity index (χ4v) is 16.4. The zero-order valence-electron chi connectivity index (χ0n) is 20.9. The van der Waals surface area contributed by atoms with Crippen molar-refractivity contribution in [2.75, 3.05) is 11.5 Å². The van der Waals surface area contributed by atoms with E-state index in [-0.39, 0.29) is 11.8 Å². The Labute approximate surface area is 200 Å². The number of carbonyl (C=O) groups is 3. The quantitative estimate of drug-likeness (QED) is 0.167. The Morgan fingerprint density at radius 1 is 0.788 bits per heavy atom. The average molecular weight is 508 g/mol. The predicted molar refractivity (Wildman–Crippen MR) is 137 cm³/mol. The van der Waals surface area contributed by atoms with Crippen LogP contribution in [0.2, 0.25) is 51.9 Å². The van der Waals surface area contributed by atoms with E-state index >= 15 is 0 Å². The van der Waals surface area contributed by atoms with Crippen LogP contribution in [0.3, 0.4) is 0 Å². The largest absolute Gasteiger partial charge is 0.462 e. The van der Waals surface area contributed by atoms with Gasteiger partial charge in [-0.05, 0) is 82.6 Å². The van der Waals surface area contributed by atoms with Crippen molar-refractivity contribution in [2.24, 2.45) is 0 Å². The van der Waals surface area contributed by atoms with Crippen molar-refractivity contribution < 1.29 is 27.4 Å². The summed E-state index contributed by atoms with van der Waals surface area (Å²) in [6.45, 7) is 15.8. The number of imide groups is 1. The lowest BCUT2D eigenvalue weighted by Gasteiger charge is -2.38. The van der Waals surface area contributed by atoms with Gasteiger partial charge in [-0.25, -0.2) is 9.69 Å². The molecular weight excluding hydrogens is 471 g/mol. The Balaban J connectivity index is 1.77. The molecule has 0 radical (unpaired) electrons. The first-order chi connectivity index (χ1) is 15.2. The highest BCUT2D eigenvalue weighted by molar-refractivity contribution is 6.87. The third kappa shape index (κ3) is 9.13. The second-order valence-electron chi connectivity index (χ2n) is 10.4. The number of carbonyl (C=O) groups excluding carboxylic acids is 3. The van der Waals surface area contributed by atoms with Crippen molar-refractivity contribution in [3.63, 3.8) is 0 Å². The topological polar surface area (TPSA) is 82.1 Å². The van der Waals surface area contributed by atoms with Crippen LogP contribution in [-0.4, -0.2) is 49.6 Å². The predicted octanol–water partition coefficient (Wildman–Crippen LogP) is 5.22. The normalized spacial score (nSPS) is 14.8. The molecule has 1 aromatic rings. The van der Waals surface area contributed by atoms with Gasteiger partial charge < -0.3 is 13.0 Å². The summed E-state index contributed by atoms with van der Waals surface area (Å²) in [5.41, 5.74) is 0.817. The standard InChI is InChI=1S/C23H37NO6Si3/c1-31(2,3)29-33(7,30-32(4,5)6)18-10-8-9-17-28-23(27)19-11-13-20(14-12-19)24-21(25)15-16-22(24)26/h11-16H,8-10,17-18H2,1-7H3. The van der Waals surface area contributed by atoms with Gasteiger partial charge in [0.05, 0.1) is 17.9 Å². The molecule has 7 nitrogen and oxygen atoms in total. The Kier molecular flexibility index (Phi) is 9.17. The lowest BCUT2D eigenvalue weighted by atomic mass is 10.2. The third-order valence-corrected chi connectivity index (χ3v) is 14.3. The maximum atomic E-state index is 12.3. The number of unbranched alkanes of at least 4 members (excludes halogenated alkanes) is 2. The van der Waals surface area contributed by atoms with Crippen LogP contribution in [0.4, 0.5) is 5.69 Å². The smallest absolute Gasteiger partial charge is 0.338 e. The van der Waals surface area contributed by atoms with Crippen LogP contribution in [0.15, 0.2) is 36.4 Å². The summed E-state index contributed by atoms with van der Waals surface area (Å²) in [5.74, 6) is -1.19. The second-order valence-corrected chi connectivity index (χ2v) is 23.3. The van der Waals surface area contributed by atoms with Gasteiger partial charge in [-0.2, -0.15) is 0 Å². The molecule has 0 saturated heterocycles. The molecule has 0 atom stereocenters. The monoisotopic (exact) mass is 507 g/mol. The number of anilines is 1. The Hall–Kier alpha value is -1.86. The summed E-state index contributed by atoms with van der Waals surface area (Å²) in [6, 6.07) is 7.22. The second kappa shape index (κ2) is 11.0. The van der Waals surface area contributed by atoms with E-state index in [2.05, 4.69) is 45.8 Å². The molecule has 1 aliphatic rings. The summed E-state index contributed by atoms with van der Waals surface area (Å²) >= 11 is 0. The van der Waals surface area contributed by atoms with Crippen LogP contribution in [0.1, 0.15) is 29.6 Å². The number of benzene rings is 1. The summed E-state index contributed by atoms with van der Waals surface area (Å²) in [4.78, 5) is 36.9. The number of esters is 1. The highest BCUT2D eigenvalue weighted by atomic mass is 28.5. The molecule has 182 valence electrons. The van der Waals surface area contributed by atoms with Gasteiger partial charge in [0.25, 0.3) is 11.8 Å². The van der Waals surface area contributed by atoms with Crippen molar-refractivity contribution in [3.05, 3.63) is 42.0 Å². The van der Waals surface area contributed by atoms with Gasteiger partial charge in [0, 0.05) is 12.2 Å². The molecule has 0 unspecified atom stereocenters. The molecule has 33 heavy (non-hydrogen) atoms. The van der Waals surface area contributed by atoms with Gasteiger partial charge in [-0.3, -0.25) is 9.59 Å². The van der Waals surface area contributed by atoms with Gasteiger partial charge in [0.15, 0.2) is 16.6 Å².